The minimum atomic E-state index is -1.02. The van der Waals surface area contributed by atoms with E-state index >= 15 is 0 Å². The summed E-state index contributed by atoms with van der Waals surface area (Å²) >= 11 is 8.08. The summed E-state index contributed by atoms with van der Waals surface area (Å²) in [6, 6.07) is 108. The summed E-state index contributed by atoms with van der Waals surface area (Å²) in [7, 11) is -3.86. The second-order valence-corrected chi connectivity index (χ2v) is 34.8. The topological polar surface area (TPSA) is 0 Å². The van der Waals surface area contributed by atoms with Crippen LogP contribution in [-0.2, 0) is 6.42 Å². The van der Waals surface area contributed by atoms with Crippen LogP contribution in [0.4, 0.5) is 0 Å². The molecule has 14 rings (SSSR count). The van der Waals surface area contributed by atoms with Crippen LogP contribution in [0.15, 0.2) is 285 Å². The summed E-state index contributed by atoms with van der Waals surface area (Å²) in [6.45, 7) is 7.20. The second kappa shape index (κ2) is 24.7. The van der Waals surface area contributed by atoms with Gasteiger partial charge in [-0.05, 0) is 107 Å². The molecule has 84 heavy (non-hydrogen) atoms. The first-order valence-corrected chi connectivity index (χ1v) is 37.0. The van der Waals surface area contributed by atoms with Crippen molar-refractivity contribution < 1.29 is 0 Å². The van der Waals surface area contributed by atoms with Crippen LogP contribution in [0.1, 0.15) is 25.1 Å². The standard InChI is InChI=1S/C76H58P4S4/c1-52-68(72(54(3)81-52)77(56-32-12-4-13-33-56)57-34-14-5-15-35-57)69-53(2)82-67(73(69)78(58-36-16-6-17-37-58)59-38-18-7-19-39-59)51-55-31-30-49-65-71(76(84-74(55)65)80(62-44-24-10-25-45-62)63-46-26-11-27-47-63)70-64-48-28-29-50-66(64)83-75(70)79(60-40-20-8-21-41-60)61-42-22-9-23-43-61/h4-50H,51H2,1-3H3. The molecule has 0 unspecified atom stereocenters. The minimum absolute atomic E-state index is 0.812. The second-order valence-electron chi connectivity index (χ2n) is 20.8. The van der Waals surface area contributed by atoms with Gasteiger partial charge in [-0.25, -0.2) is 0 Å². The number of hydrogen-bond donors (Lipinski definition) is 0. The van der Waals surface area contributed by atoms with E-state index in [1.54, 1.807) is 0 Å². The highest BCUT2D eigenvalue weighted by Crippen LogP contribution is 2.53. The lowest BCUT2D eigenvalue weighted by atomic mass is 10.0. The summed E-state index contributed by atoms with van der Waals surface area (Å²) < 4.78 is 5.62. The van der Waals surface area contributed by atoms with Crippen molar-refractivity contribution in [1.29, 1.82) is 0 Å². The van der Waals surface area contributed by atoms with Crippen molar-refractivity contribution in [2.75, 3.05) is 0 Å². The van der Waals surface area contributed by atoms with E-state index in [1.165, 1.54) is 130 Å². The smallest absolute Gasteiger partial charge is 0.0459 e. The van der Waals surface area contributed by atoms with Crippen LogP contribution in [0.3, 0.4) is 0 Å². The zero-order valence-electron chi connectivity index (χ0n) is 46.8. The van der Waals surface area contributed by atoms with Crippen molar-refractivity contribution in [3.63, 3.8) is 0 Å². The Hall–Kier alpha value is -6.76. The molecule has 0 aliphatic heterocycles. The van der Waals surface area contributed by atoms with Crippen molar-refractivity contribution in [2.24, 2.45) is 0 Å². The lowest BCUT2D eigenvalue weighted by Gasteiger charge is -2.25. The van der Waals surface area contributed by atoms with Crippen molar-refractivity contribution in [1.82, 2.24) is 0 Å². The normalized spacial score (nSPS) is 11.8. The maximum atomic E-state index is 2.47. The van der Waals surface area contributed by atoms with E-state index in [0.717, 1.165) is 6.42 Å². The molecule has 0 saturated heterocycles. The van der Waals surface area contributed by atoms with Gasteiger partial charge in [-0.15, -0.1) is 45.3 Å². The highest BCUT2D eigenvalue weighted by molar-refractivity contribution is 7.86. The van der Waals surface area contributed by atoms with Crippen LogP contribution in [0, 0.1) is 20.8 Å². The Morgan fingerprint density at radius 1 is 0.262 bits per heavy atom. The number of benzene rings is 10. The molecule has 0 aliphatic rings. The van der Waals surface area contributed by atoms with E-state index < -0.39 is 31.7 Å². The monoisotopic (exact) mass is 1220 g/mol. The molecule has 406 valence electrons. The third-order valence-electron chi connectivity index (χ3n) is 15.5. The Morgan fingerprint density at radius 2 is 0.595 bits per heavy atom. The maximum Gasteiger partial charge on any atom is 0.0459 e. The molecule has 0 fully saturated rings. The molecule has 0 aliphatic carbocycles. The highest BCUT2D eigenvalue weighted by Gasteiger charge is 2.36. The molecular formula is C76H58P4S4. The van der Waals surface area contributed by atoms with Gasteiger partial charge in [0.15, 0.2) is 0 Å². The van der Waals surface area contributed by atoms with Crippen LogP contribution in [0.25, 0.3) is 42.4 Å². The quantitative estimate of drug-likeness (QED) is 0.0846. The summed E-state index contributed by atoms with van der Waals surface area (Å²) in [5.74, 6) is 0. The first-order chi connectivity index (χ1) is 41.5. The Morgan fingerprint density at radius 3 is 1.04 bits per heavy atom. The number of rotatable bonds is 16. The Labute approximate surface area is 514 Å². The van der Waals surface area contributed by atoms with Crippen LogP contribution < -0.4 is 62.3 Å². The first kappa shape index (κ1) is 55.1. The first-order valence-electron chi connectivity index (χ1n) is 28.4. The van der Waals surface area contributed by atoms with E-state index in [2.05, 4.69) is 317 Å². The molecule has 14 aromatic rings. The minimum Gasteiger partial charge on any atom is -0.145 e. The Kier molecular flexibility index (Phi) is 16.2. The predicted octanol–water partition coefficient (Wildman–Crippen LogP) is 17.1. The average molecular weight is 1220 g/mol. The van der Waals surface area contributed by atoms with Gasteiger partial charge in [0.25, 0.3) is 0 Å². The van der Waals surface area contributed by atoms with Crippen LogP contribution in [0.5, 0.6) is 0 Å². The van der Waals surface area contributed by atoms with Gasteiger partial charge in [0, 0.05) is 88.2 Å². The van der Waals surface area contributed by atoms with Gasteiger partial charge in [-0.2, -0.15) is 0 Å². The highest BCUT2D eigenvalue weighted by atomic mass is 32.1. The summed E-state index contributed by atoms with van der Waals surface area (Å²) in [4.78, 5) is 5.64. The number of fused-ring (bicyclic) bond motifs is 2. The van der Waals surface area contributed by atoms with Crippen molar-refractivity contribution in [3.05, 3.63) is 310 Å². The lowest BCUT2D eigenvalue weighted by molar-refractivity contribution is 1.29. The molecule has 0 spiro atoms. The molecule has 4 aromatic heterocycles. The van der Waals surface area contributed by atoms with Crippen molar-refractivity contribution in [2.45, 2.75) is 27.2 Å². The maximum absolute atomic E-state index is 2.47. The summed E-state index contributed by atoms with van der Waals surface area (Å²) in [5, 5.41) is 16.6. The van der Waals surface area contributed by atoms with E-state index in [-0.39, 0.29) is 0 Å². The van der Waals surface area contributed by atoms with Gasteiger partial charge < -0.3 is 0 Å². The molecular weight excluding hydrogens is 1160 g/mol. The predicted molar refractivity (Wildman–Crippen MR) is 382 cm³/mol. The Bertz CT molecular complexity index is 4380. The molecule has 0 radical (unpaired) electrons. The van der Waals surface area contributed by atoms with Gasteiger partial charge in [-0.1, -0.05) is 279 Å². The van der Waals surface area contributed by atoms with Gasteiger partial charge >= 0.3 is 0 Å². The van der Waals surface area contributed by atoms with Crippen LogP contribution >= 0.6 is 77.0 Å². The zero-order valence-corrected chi connectivity index (χ0v) is 53.6. The largest absolute Gasteiger partial charge is 0.145 e. The fourth-order valence-electron chi connectivity index (χ4n) is 12.0. The molecule has 0 amide bonds. The molecule has 0 N–H and O–H groups in total. The lowest BCUT2D eigenvalue weighted by Crippen LogP contribution is -2.26. The van der Waals surface area contributed by atoms with Crippen molar-refractivity contribution in [3.8, 4) is 22.3 Å². The SMILES string of the molecule is Cc1sc(C)c(P(c2ccccc2)c2ccccc2)c1-c1c(C)sc(Cc2cccc3c(-c4c(P(c5ccccc5)c5ccccc5)sc5ccccc45)c(P(c4ccccc4)c4ccccc4)sc23)c1P(c1ccccc1)c1ccccc1. The third-order valence-corrected chi connectivity index (χ3v) is 31.4. The molecule has 10 aromatic carbocycles. The third kappa shape index (κ3) is 10.6. The summed E-state index contributed by atoms with van der Waals surface area (Å²) in [6.07, 6.45) is 0.812. The van der Waals surface area contributed by atoms with Crippen molar-refractivity contribution >= 4 is 159 Å². The Balaban J connectivity index is 1.06. The zero-order chi connectivity index (χ0) is 56.5. The van der Waals surface area contributed by atoms with Gasteiger partial charge in [0.1, 0.15) is 0 Å². The van der Waals surface area contributed by atoms with E-state index in [1.807, 2.05) is 34.0 Å². The van der Waals surface area contributed by atoms with Gasteiger partial charge in [-0.3, -0.25) is 0 Å². The number of hydrogen-bond acceptors (Lipinski definition) is 4. The van der Waals surface area contributed by atoms with E-state index in [0.29, 0.717) is 0 Å². The molecule has 0 nitrogen and oxygen atoms in total. The molecule has 4 heterocycles. The van der Waals surface area contributed by atoms with Crippen LogP contribution in [0.2, 0.25) is 0 Å². The average Bonchev–Trinajstić information content (AvgIpc) is 4.48. The van der Waals surface area contributed by atoms with E-state index in [9.17, 15) is 0 Å². The van der Waals surface area contributed by atoms with Gasteiger partial charge in [0.05, 0.1) is 0 Å². The number of thiophene rings is 4. The fourth-order valence-corrected chi connectivity index (χ4v) is 29.1. The van der Waals surface area contributed by atoms with Crippen LogP contribution in [-0.4, -0.2) is 0 Å². The fraction of sp³-hybridized carbons (Fsp3) is 0.0526. The molecule has 0 atom stereocenters. The summed E-state index contributed by atoms with van der Waals surface area (Å²) in [5.41, 5.74) is 7.04. The number of aryl methyl sites for hydroxylation is 3. The molecule has 8 heteroatoms. The van der Waals surface area contributed by atoms with Gasteiger partial charge in [0.2, 0.25) is 0 Å². The molecule has 0 bridgehead atoms. The van der Waals surface area contributed by atoms with E-state index in [4.69, 9.17) is 0 Å². The molecule has 0 saturated carbocycles.